The first kappa shape index (κ1) is 14.8. The standard InChI is InChI=1S/C13H20BrO2P/c1-13(2,3)10-6-9(8-14)12(15-4)11(7-10)16-17-5/h6-7,17H,8H2,1-5H3. The molecular formula is C13H20BrO2P. The Morgan fingerprint density at radius 1 is 1.29 bits per heavy atom. The van der Waals surface area contributed by atoms with Crippen LogP contribution < -0.4 is 9.26 Å². The average molecular weight is 319 g/mol. The summed E-state index contributed by atoms with van der Waals surface area (Å²) in [6.07, 6.45) is 0. The third-order valence-electron chi connectivity index (χ3n) is 2.56. The van der Waals surface area contributed by atoms with Crippen molar-refractivity contribution in [1.29, 1.82) is 0 Å². The molecule has 1 rings (SSSR count). The number of methoxy groups -OCH3 is 1. The van der Waals surface area contributed by atoms with Gasteiger partial charge in [0.1, 0.15) is 0 Å². The van der Waals surface area contributed by atoms with E-state index in [2.05, 4.69) is 48.8 Å². The lowest BCUT2D eigenvalue weighted by molar-refractivity contribution is 0.394. The number of ether oxygens (including phenoxy) is 1. The molecule has 1 aromatic carbocycles. The van der Waals surface area contributed by atoms with Crippen LogP contribution in [0.15, 0.2) is 12.1 Å². The third kappa shape index (κ3) is 3.59. The van der Waals surface area contributed by atoms with E-state index in [1.54, 1.807) is 7.11 Å². The van der Waals surface area contributed by atoms with Crippen molar-refractivity contribution in [3.8, 4) is 11.5 Å². The van der Waals surface area contributed by atoms with Crippen molar-refractivity contribution in [2.45, 2.75) is 31.5 Å². The van der Waals surface area contributed by atoms with Crippen molar-refractivity contribution in [2.24, 2.45) is 0 Å². The molecule has 0 heterocycles. The highest BCUT2D eigenvalue weighted by molar-refractivity contribution is 9.08. The number of hydrogen-bond donors (Lipinski definition) is 0. The summed E-state index contributed by atoms with van der Waals surface area (Å²) in [7, 11) is 2.10. The summed E-state index contributed by atoms with van der Waals surface area (Å²) in [6.45, 7) is 8.61. The second kappa shape index (κ2) is 6.06. The minimum Gasteiger partial charge on any atom is -0.493 e. The van der Waals surface area contributed by atoms with E-state index in [1.165, 1.54) is 5.56 Å². The van der Waals surface area contributed by atoms with E-state index in [4.69, 9.17) is 9.26 Å². The Labute approximate surface area is 114 Å². The molecule has 0 saturated heterocycles. The van der Waals surface area contributed by atoms with Crippen LogP contribution in [0.5, 0.6) is 11.5 Å². The molecular weight excluding hydrogens is 299 g/mol. The van der Waals surface area contributed by atoms with Gasteiger partial charge in [-0.3, -0.25) is 0 Å². The Hall–Kier alpha value is -0.270. The first-order valence-corrected chi connectivity index (χ1v) is 8.08. The zero-order valence-electron chi connectivity index (χ0n) is 11.1. The van der Waals surface area contributed by atoms with Gasteiger partial charge < -0.3 is 9.26 Å². The normalized spacial score (nSPS) is 12.1. The van der Waals surface area contributed by atoms with Gasteiger partial charge in [-0.1, -0.05) is 42.8 Å². The summed E-state index contributed by atoms with van der Waals surface area (Å²) in [5, 5.41) is 0.767. The lowest BCUT2D eigenvalue weighted by Crippen LogP contribution is -2.12. The Balaban J connectivity index is 3.34. The zero-order valence-corrected chi connectivity index (χ0v) is 13.6. The van der Waals surface area contributed by atoms with Crippen LogP contribution in [0.3, 0.4) is 0 Å². The first-order chi connectivity index (χ1) is 7.93. The maximum absolute atomic E-state index is 5.69. The molecule has 0 radical (unpaired) electrons. The van der Waals surface area contributed by atoms with Gasteiger partial charge in [0.2, 0.25) is 0 Å². The molecule has 0 aliphatic heterocycles. The van der Waals surface area contributed by atoms with Crippen molar-refractivity contribution < 1.29 is 9.26 Å². The smallest absolute Gasteiger partial charge is 0.165 e. The van der Waals surface area contributed by atoms with E-state index in [1.807, 2.05) is 6.66 Å². The van der Waals surface area contributed by atoms with E-state index in [0.717, 1.165) is 22.4 Å². The van der Waals surface area contributed by atoms with Crippen molar-refractivity contribution in [3.63, 3.8) is 0 Å². The summed E-state index contributed by atoms with van der Waals surface area (Å²) in [5.41, 5.74) is 2.51. The van der Waals surface area contributed by atoms with Crippen molar-refractivity contribution >= 4 is 24.7 Å². The van der Waals surface area contributed by atoms with Gasteiger partial charge in [0.05, 0.1) is 15.9 Å². The third-order valence-corrected chi connectivity index (χ3v) is 3.59. The SMILES string of the molecule is COc1c(CBr)cc(C(C)(C)C)cc1OPC. The molecule has 1 aromatic rings. The van der Waals surface area contributed by atoms with Crippen LogP contribution in [0.25, 0.3) is 0 Å². The van der Waals surface area contributed by atoms with Crippen LogP contribution in [-0.4, -0.2) is 13.8 Å². The monoisotopic (exact) mass is 318 g/mol. The molecule has 0 aliphatic rings. The Morgan fingerprint density at radius 3 is 2.35 bits per heavy atom. The van der Waals surface area contributed by atoms with E-state index < -0.39 is 0 Å². The van der Waals surface area contributed by atoms with Crippen LogP contribution in [0, 0.1) is 0 Å². The Kier molecular flexibility index (Phi) is 5.27. The van der Waals surface area contributed by atoms with E-state index >= 15 is 0 Å². The fourth-order valence-electron chi connectivity index (χ4n) is 1.61. The van der Waals surface area contributed by atoms with Crippen LogP contribution in [-0.2, 0) is 10.7 Å². The topological polar surface area (TPSA) is 18.5 Å². The maximum Gasteiger partial charge on any atom is 0.165 e. The molecule has 0 amide bonds. The molecule has 2 nitrogen and oxygen atoms in total. The lowest BCUT2D eigenvalue weighted by Gasteiger charge is -2.22. The van der Waals surface area contributed by atoms with Gasteiger partial charge >= 0.3 is 0 Å². The van der Waals surface area contributed by atoms with Crippen LogP contribution in [0.4, 0.5) is 0 Å². The fraction of sp³-hybridized carbons (Fsp3) is 0.538. The van der Waals surface area contributed by atoms with Gasteiger partial charge in [0.25, 0.3) is 0 Å². The molecule has 0 spiro atoms. The van der Waals surface area contributed by atoms with Crippen LogP contribution in [0.1, 0.15) is 31.9 Å². The molecule has 0 aromatic heterocycles. The van der Waals surface area contributed by atoms with Gasteiger partial charge in [-0.25, -0.2) is 0 Å². The highest BCUT2D eigenvalue weighted by Gasteiger charge is 2.19. The number of rotatable bonds is 4. The van der Waals surface area contributed by atoms with E-state index in [0.29, 0.717) is 8.81 Å². The largest absolute Gasteiger partial charge is 0.493 e. The number of halogens is 1. The van der Waals surface area contributed by atoms with Gasteiger partial charge in [0.15, 0.2) is 11.5 Å². The number of hydrogen-bond acceptors (Lipinski definition) is 2. The molecule has 0 saturated carbocycles. The first-order valence-electron chi connectivity index (χ1n) is 5.55. The second-order valence-electron chi connectivity index (χ2n) is 4.86. The van der Waals surface area contributed by atoms with Gasteiger partial charge in [0, 0.05) is 10.9 Å². The predicted molar refractivity (Wildman–Crippen MR) is 79.2 cm³/mol. The highest BCUT2D eigenvalue weighted by Crippen LogP contribution is 2.39. The molecule has 0 bridgehead atoms. The Morgan fingerprint density at radius 2 is 1.94 bits per heavy atom. The number of benzene rings is 1. The van der Waals surface area contributed by atoms with Gasteiger partial charge in [-0.05, 0) is 23.7 Å². The van der Waals surface area contributed by atoms with E-state index in [-0.39, 0.29) is 5.41 Å². The molecule has 0 N–H and O–H groups in total. The molecule has 0 aliphatic carbocycles. The maximum atomic E-state index is 5.69. The predicted octanol–water partition coefficient (Wildman–Crippen LogP) is 4.49. The van der Waals surface area contributed by atoms with Crippen molar-refractivity contribution in [3.05, 3.63) is 23.3 Å². The van der Waals surface area contributed by atoms with Crippen molar-refractivity contribution in [2.75, 3.05) is 13.8 Å². The summed E-state index contributed by atoms with van der Waals surface area (Å²) in [5.74, 6) is 1.68. The summed E-state index contributed by atoms with van der Waals surface area (Å²) in [6, 6.07) is 4.26. The molecule has 1 unspecified atom stereocenters. The minimum atomic E-state index is 0.109. The lowest BCUT2D eigenvalue weighted by atomic mass is 9.86. The van der Waals surface area contributed by atoms with Gasteiger partial charge in [-0.2, -0.15) is 0 Å². The zero-order chi connectivity index (χ0) is 13.1. The molecule has 96 valence electrons. The van der Waals surface area contributed by atoms with Crippen LogP contribution in [0.2, 0.25) is 0 Å². The van der Waals surface area contributed by atoms with Gasteiger partial charge in [-0.15, -0.1) is 0 Å². The molecule has 17 heavy (non-hydrogen) atoms. The quantitative estimate of drug-likeness (QED) is 0.601. The second-order valence-corrected chi connectivity index (χ2v) is 6.03. The average Bonchev–Trinajstić information content (AvgIpc) is 2.27. The van der Waals surface area contributed by atoms with E-state index in [9.17, 15) is 0 Å². The molecule has 1 atom stereocenters. The summed E-state index contributed by atoms with van der Waals surface area (Å²) in [4.78, 5) is 0. The minimum absolute atomic E-state index is 0.109. The number of alkyl halides is 1. The summed E-state index contributed by atoms with van der Waals surface area (Å²) >= 11 is 3.50. The molecule has 0 fully saturated rings. The Bertz CT molecular complexity index is 386. The fourth-order valence-corrected chi connectivity index (χ4v) is 2.40. The molecule has 4 heteroatoms. The van der Waals surface area contributed by atoms with Crippen molar-refractivity contribution in [1.82, 2.24) is 0 Å². The highest BCUT2D eigenvalue weighted by atomic mass is 79.9. The van der Waals surface area contributed by atoms with Crippen LogP contribution >= 0.6 is 24.7 Å². The summed E-state index contributed by atoms with van der Waals surface area (Å²) < 4.78 is 11.1.